The van der Waals surface area contributed by atoms with E-state index in [2.05, 4.69) is 4.99 Å². The Bertz CT molecular complexity index is 552. The van der Waals surface area contributed by atoms with Crippen LogP contribution < -0.4 is 10.5 Å². The van der Waals surface area contributed by atoms with Gasteiger partial charge in [0.1, 0.15) is 18.5 Å². The molecule has 0 amide bonds. The maximum atomic E-state index is 12.5. The van der Waals surface area contributed by atoms with Gasteiger partial charge in [-0.05, 0) is 24.3 Å². The first-order chi connectivity index (χ1) is 11.4. The normalized spacial score (nSPS) is 17.0. The van der Waals surface area contributed by atoms with Gasteiger partial charge in [0.15, 0.2) is 5.96 Å². The topological polar surface area (TPSA) is 71.1 Å². The van der Waals surface area contributed by atoms with E-state index in [9.17, 15) is 18.3 Å². The van der Waals surface area contributed by atoms with Crippen LogP contribution in [0.3, 0.4) is 0 Å². The zero-order valence-electron chi connectivity index (χ0n) is 13.4. The smallest absolute Gasteiger partial charge is 0.416 e. The summed E-state index contributed by atoms with van der Waals surface area (Å²) >= 11 is 1.86. The number of rotatable bonds is 5. The van der Waals surface area contributed by atoms with Crippen molar-refractivity contribution < 1.29 is 23.0 Å². The number of alkyl halides is 3. The lowest BCUT2D eigenvalue weighted by atomic mass is 10.2. The monoisotopic (exact) mass is 491 g/mol. The highest BCUT2D eigenvalue weighted by molar-refractivity contribution is 14.0. The van der Waals surface area contributed by atoms with Gasteiger partial charge in [-0.15, -0.1) is 24.0 Å². The highest BCUT2D eigenvalue weighted by Crippen LogP contribution is 2.30. The lowest BCUT2D eigenvalue weighted by Crippen LogP contribution is -2.43. The minimum absolute atomic E-state index is 0. The maximum Gasteiger partial charge on any atom is 0.416 e. The molecule has 0 aromatic heterocycles. The van der Waals surface area contributed by atoms with E-state index in [1.807, 2.05) is 16.7 Å². The molecule has 1 fully saturated rings. The lowest BCUT2D eigenvalue weighted by Gasteiger charge is -2.27. The second-order valence-corrected chi connectivity index (χ2v) is 6.51. The van der Waals surface area contributed by atoms with E-state index in [0.29, 0.717) is 5.96 Å². The van der Waals surface area contributed by atoms with Gasteiger partial charge in [0.2, 0.25) is 0 Å². The number of benzene rings is 1. The van der Waals surface area contributed by atoms with Crippen molar-refractivity contribution in [3.63, 3.8) is 0 Å². The quantitative estimate of drug-likeness (QED) is 0.376. The van der Waals surface area contributed by atoms with Crippen LogP contribution in [0.2, 0.25) is 0 Å². The second kappa shape index (κ2) is 10.3. The Morgan fingerprint density at radius 3 is 2.44 bits per heavy atom. The van der Waals surface area contributed by atoms with Gasteiger partial charge in [-0.1, -0.05) is 0 Å². The summed E-state index contributed by atoms with van der Waals surface area (Å²) in [6.45, 7) is 1.67. The summed E-state index contributed by atoms with van der Waals surface area (Å²) in [4.78, 5) is 6.10. The molecule has 25 heavy (non-hydrogen) atoms. The Labute approximate surface area is 165 Å². The molecule has 1 saturated heterocycles. The molecule has 1 unspecified atom stereocenters. The molecule has 5 nitrogen and oxygen atoms in total. The first-order valence-electron chi connectivity index (χ1n) is 7.47. The fourth-order valence-corrected chi connectivity index (χ4v) is 2.98. The van der Waals surface area contributed by atoms with Gasteiger partial charge in [0, 0.05) is 24.6 Å². The molecule has 0 saturated carbocycles. The Balaban J connectivity index is 0.00000312. The van der Waals surface area contributed by atoms with Crippen LogP contribution in [-0.4, -0.2) is 59.8 Å². The van der Waals surface area contributed by atoms with Crippen LogP contribution in [0.15, 0.2) is 29.3 Å². The van der Waals surface area contributed by atoms with Crippen molar-refractivity contribution in [2.75, 3.05) is 37.7 Å². The minimum Gasteiger partial charge on any atom is -0.491 e. The average Bonchev–Trinajstić information content (AvgIpc) is 2.58. The van der Waals surface area contributed by atoms with Gasteiger partial charge in [-0.3, -0.25) is 4.99 Å². The first-order valence-corrected chi connectivity index (χ1v) is 8.62. The lowest BCUT2D eigenvalue weighted by molar-refractivity contribution is -0.137. The van der Waals surface area contributed by atoms with Crippen LogP contribution in [0.1, 0.15) is 5.56 Å². The zero-order chi connectivity index (χ0) is 17.6. The molecule has 1 aromatic rings. The second-order valence-electron chi connectivity index (χ2n) is 5.29. The SMILES string of the molecule is I.NC(=NCC(O)COc1ccc(C(F)(F)F)cc1)N1CCSCC1. The summed E-state index contributed by atoms with van der Waals surface area (Å²) < 4.78 is 42.6. The van der Waals surface area contributed by atoms with Crippen LogP contribution in [0, 0.1) is 0 Å². The van der Waals surface area contributed by atoms with Gasteiger partial charge in [-0.25, -0.2) is 0 Å². The molecule has 2 rings (SSSR count). The maximum absolute atomic E-state index is 12.5. The molecule has 0 radical (unpaired) electrons. The molecule has 0 spiro atoms. The van der Waals surface area contributed by atoms with E-state index < -0.39 is 17.8 Å². The Morgan fingerprint density at radius 1 is 1.28 bits per heavy atom. The van der Waals surface area contributed by atoms with Crippen molar-refractivity contribution in [3.8, 4) is 5.75 Å². The van der Waals surface area contributed by atoms with Gasteiger partial charge < -0.3 is 20.5 Å². The Hall–Kier alpha value is -0.880. The number of halogens is 4. The summed E-state index contributed by atoms with van der Waals surface area (Å²) in [5.74, 6) is 2.64. The van der Waals surface area contributed by atoms with Crippen molar-refractivity contribution in [2.24, 2.45) is 10.7 Å². The summed E-state index contributed by atoms with van der Waals surface area (Å²) in [6, 6.07) is 4.32. The third kappa shape index (κ3) is 7.48. The highest BCUT2D eigenvalue weighted by atomic mass is 127. The molecular formula is C15H21F3IN3O2S. The number of aliphatic hydroxyl groups excluding tert-OH is 1. The van der Waals surface area contributed by atoms with Crippen molar-refractivity contribution in [1.82, 2.24) is 4.90 Å². The molecule has 1 aromatic carbocycles. The predicted molar refractivity (Wildman–Crippen MR) is 104 cm³/mol. The van der Waals surface area contributed by atoms with E-state index in [4.69, 9.17) is 10.5 Å². The van der Waals surface area contributed by atoms with Crippen molar-refractivity contribution in [3.05, 3.63) is 29.8 Å². The summed E-state index contributed by atoms with van der Waals surface area (Å²) in [5.41, 5.74) is 5.13. The molecule has 0 aliphatic carbocycles. The third-order valence-electron chi connectivity index (χ3n) is 3.42. The third-order valence-corrected chi connectivity index (χ3v) is 4.37. The van der Waals surface area contributed by atoms with E-state index in [-0.39, 0.29) is 42.9 Å². The molecule has 0 bridgehead atoms. The first kappa shape index (κ1) is 22.2. The fraction of sp³-hybridized carbons (Fsp3) is 0.533. The van der Waals surface area contributed by atoms with E-state index in [0.717, 1.165) is 36.7 Å². The summed E-state index contributed by atoms with van der Waals surface area (Å²) in [6.07, 6.45) is -5.26. The number of nitrogens with two attached hydrogens (primary N) is 1. The van der Waals surface area contributed by atoms with Gasteiger partial charge >= 0.3 is 6.18 Å². The molecule has 3 N–H and O–H groups in total. The molecule has 10 heteroatoms. The number of aliphatic imine (C=N–C) groups is 1. The minimum atomic E-state index is -4.38. The molecule has 1 heterocycles. The highest BCUT2D eigenvalue weighted by Gasteiger charge is 2.30. The van der Waals surface area contributed by atoms with Gasteiger partial charge in [0.05, 0.1) is 12.1 Å². The van der Waals surface area contributed by atoms with Crippen LogP contribution >= 0.6 is 35.7 Å². The zero-order valence-corrected chi connectivity index (χ0v) is 16.6. The molecule has 142 valence electrons. The Morgan fingerprint density at radius 2 is 1.88 bits per heavy atom. The number of thioether (sulfide) groups is 1. The summed E-state index contributed by atoms with van der Waals surface area (Å²) in [7, 11) is 0. The van der Waals surface area contributed by atoms with Crippen molar-refractivity contribution in [1.29, 1.82) is 0 Å². The van der Waals surface area contributed by atoms with Crippen LogP contribution in [0.4, 0.5) is 13.2 Å². The van der Waals surface area contributed by atoms with Gasteiger partial charge in [-0.2, -0.15) is 24.9 Å². The van der Waals surface area contributed by atoms with E-state index in [1.54, 1.807) is 0 Å². The van der Waals surface area contributed by atoms with Crippen molar-refractivity contribution in [2.45, 2.75) is 12.3 Å². The van der Waals surface area contributed by atoms with E-state index in [1.165, 1.54) is 12.1 Å². The number of ether oxygens (including phenoxy) is 1. The predicted octanol–water partition coefficient (Wildman–Crippen LogP) is 2.43. The number of nitrogens with zero attached hydrogens (tertiary/aromatic N) is 2. The fourth-order valence-electron chi connectivity index (χ4n) is 2.08. The van der Waals surface area contributed by atoms with Crippen LogP contribution in [-0.2, 0) is 6.18 Å². The van der Waals surface area contributed by atoms with Crippen LogP contribution in [0.5, 0.6) is 5.75 Å². The molecular weight excluding hydrogens is 470 g/mol. The molecule has 1 aliphatic heterocycles. The number of hydrogen-bond acceptors (Lipinski definition) is 4. The number of guanidine groups is 1. The number of hydrogen-bond donors (Lipinski definition) is 2. The number of aliphatic hydroxyl groups is 1. The average molecular weight is 491 g/mol. The molecule has 1 atom stereocenters. The largest absolute Gasteiger partial charge is 0.491 e. The molecule has 1 aliphatic rings. The Kier molecular flexibility index (Phi) is 9.14. The van der Waals surface area contributed by atoms with E-state index >= 15 is 0 Å². The summed E-state index contributed by atoms with van der Waals surface area (Å²) in [5, 5.41) is 9.85. The van der Waals surface area contributed by atoms with Crippen molar-refractivity contribution >= 4 is 41.7 Å². The van der Waals surface area contributed by atoms with Crippen LogP contribution in [0.25, 0.3) is 0 Å². The van der Waals surface area contributed by atoms with Gasteiger partial charge in [0.25, 0.3) is 0 Å². The standard InChI is InChI=1S/C15H20F3N3O2S.HI/c16-15(17,18)11-1-3-13(4-2-11)23-10-12(22)9-20-14(19)21-5-7-24-8-6-21;/h1-4,12,22H,5-10H2,(H2,19,20);1H.